The first kappa shape index (κ1) is 22.7. The van der Waals surface area contributed by atoms with E-state index < -0.39 is 0 Å². The van der Waals surface area contributed by atoms with Gasteiger partial charge in [-0.15, -0.1) is 23.5 Å². The molecule has 3 nitrogen and oxygen atoms in total. The lowest BCUT2D eigenvalue weighted by molar-refractivity contribution is -0.131. The minimum absolute atomic E-state index is 0.0161. The molecule has 1 N–H and O–H groups in total. The zero-order chi connectivity index (χ0) is 21.1. The van der Waals surface area contributed by atoms with Crippen LogP contribution in [-0.2, 0) is 11.2 Å². The zero-order valence-electron chi connectivity index (χ0n) is 17.8. The van der Waals surface area contributed by atoms with E-state index in [0.29, 0.717) is 5.75 Å². The fraction of sp³-hybridized carbons (Fsp3) is 0.435. The van der Waals surface area contributed by atoms with E-state index in [0.717, 1.165) is 21.8 Å². The summed E-state index contributed by atoms with van der Waals surface area (Å²) < 4.78 is 5.48. The number of aromatic hydroxyl groups is 1. The van der Waals surface area contributed by atoms with Crippen molar-refractivity contribution in [1.82, 2.24) is 0 Å². The van der Waals surface area contributed by atoms with Gasteiger partial charge in [0.05, 0.1) is 0 Å². The van der Waals surface area contributed by atoms with Crippen molar-refractivity contribution in [3.63, 3.8) is 0 Å². The predicted molar refractivity (Wildman–Crippen MR) is 120 cm³/mol. The highest BCUT2D eigenvalue weighted by Crippen LogP contribution is 2.44. The van der Waals surface area contributed by atoms with Crippen LogP contribution in [0.25, 0.3) is 0 Å². The fourth-order valence-corrected chi connectivity index (χ4v) is 5.00. The summed E-state index contributed by atoms with van der Waals surface area (Å²) in [5, 5.41) is 9.60. The third kappa shape index (κ3) is 7.44. The number of phenolic OH excluding ortho intramolecular Hbond substituents is 1. The highest BCUT2D eigenvalue weighted by Gasteiger charge is 2.23. The van der Waals surface area contributed by atoms with Gasteiger partial charge in [0.2, 0.25) is 0 Å². The molecule has 28 heavy (non-hydrogen) atoms. The van der Waals surface area contributed by atoms with Gasteiger partial charge in [-0.25, -0.2) is 0 Å². The van der Waals surface area contributed by atoms with Crippen LogP contribution in [0.15, 0.2) is 46.2 Å². The number of phenols is 1. The largest absolute Gasteiger partial charge is 0.508 e. The first-order valence-corrected chi connectivity index (χ1v) is 11.0. The fourth-order valence-electron chi connectivity index (χ4n) is 2.65. The molecule has 0 bridgehead atoms. The lowest BCUT2D eigenvalue weighted by Crippen LogP contribution is -2.11. The molecule has 0 unspecified atom stereocenters. The van der Waals surface area contributed by atoms with Crippen molar-refractivity contribution in [3.05, 3.63) is 47.5 Å². The van der Waals surface area contributed by atoms with Crippen molar-refractivity contribution >= 4 is 29.5 Å². The lowest BCUT2D eigenvalue weighted by Gasteiger charge is -2.25. The van der Waals surface area contributed by atoms with Gasteiger partial charge in [-0.2, -0.15) is 0 Å². The van der Waals surface area contributed by atoms with Crippen LogP contribution in [0.2, 0.25) is 0 Å². The van der Waals surface area contributed by atoms with Crippen LogP contribution in [-0.4, -0.2) is 20.6 Å². The summed E-state index contributed by atoms with van der Waals surface area (Å²) in [6, 6.07) is 11.3. The topological polar surface area (TPSA) is 46.5 Å². The van der Waals surface area contributed by atoms with Gasteiger partial charge in [0.15, 0.2) is 0 Å². The molecule has 2 aromatic rings. The summed E-state index contributed by atoms with van der Waals surface area (Å²) in [5.74, 6) is 0.535. The third-order valence-electron chi connectivity index (χ3n) is 3.55. The minimum Gasteiger partial charge on any atom is -0.508 e. The highest BCUT2D eigenvalue weighted by atomic mass is 32.2. The molecule has 0 spiro atoms. The molecule has 0 radical (unpaired) electrons. The Balaban J connectivity index is 2.60. The number of rotatable bonds is 5. The van der Waals surface area contributed by atoms with Crippen LogP contribution in [0.4, 0.5) is 0 Å². The van der Waals surface area contributed by atoms with Crippen LogP contribution in [0.5, 0.6) is 11.5 Å². The van der Waals surface area contributed by atoms with E-state index in [2.05, 4.69) is 41.5 Å². The average molecular weight is 419 g/mol. The molecule has 0 aliphatic rings. The standard InChI is InChI=1S/C23H30O3S2/c1-15(24)26-18-13-20(27-22(2,3)4)19(21(14-18)28-23(5,6)7)12-16-8-10-17(25)11-9-16/h8-11,13-14,25H,12H2,1-7H3. The molecule has 152 valence electrons. The van der Waals surface area contributed by atoms with E-state index in [1.807, 2.05) is 24.3 Å². The van der Waals surface area contributed by atoms with Gasteiger partial charge in [0.1, 0.15) is 11.5 Å². The van der Waals surface area contributed by atoms with Crippen LogP contribution in [0.1, 0.15) is 59.6 Å². The van der Waals surface area contributed by atoms with Gasteiger partial charge in [-0.1, -0.05) is 53.7 Å². The molecular formula is C23H30O3S2. The summed E-state index contributed by atoms with van der Waals surface area (Å²) in [5.41, 5.74) is 2.35. The molecule has 0 saturated carbocycles. The zero-order valence-corrected chi connectivity index (χ0v) is 19.4. The van der Waals surface area contributed by atoms with Gasteiger partial charge in [-0.05, 0) is 41.8 Å². The Morgan fingerprint density at radius 3 is 1.79 bits per heavy atom. The van der Waals surface area contributed by atoms with Gasteiger partial charge in [-0.3, -0.25) is 4.79 Å². The van der Waals surface area contributed by atoms with Crippen molar-refractivity contribution in [1.29, 1.82) is 0 Å². The van der Waals surface area contributed by atoms with Crippen molar-refractivity contribution in [2.24, 2.45) is 0 Å². The molecule has 0 fully saturated rings. The summed E-state index contributed by atoms with van der Waals surface area (Å²) in [6.07, 6.45) is 0.747. The number of esters is 1. The quantitative estimate of drug-likeness (QED) is 0.333. The maximum Gasteiger partial charge on any atom is 0.308 e. The Labute approximate surface area is 177 Å². The lowest BCUT2D eigenvalue weighted by atomic mass is 10.0. The Morgan fingerprint density at radius 2 is 1.39 bits per heavy atom. The van der Waals surface area contributed by atoms with Gasteiger partial charge in [0.25, 0.3) is 0 Å². The van der Waals surface area contributed by atoms with E-state index in [1.165, 1.54) is 12.5 Å². The monoisotopic (exact) mass is 418 g/mol. The Bertz CT molecular complexity index is 791. The van der Waals surface area contributed by atoms with Gasteiger partial charge in [0, 0.05) is 26.2 Å². The van der Waals surface area contributed by atoms with Gasteiger partial charge >= 0.3 is 5.97 Å². The molecule has 0 amide bonds. The van der Waals surface area contributed by atoms with Gasteiger partial charge < -0.3 is 9.84 Å². The molecule has 2 aromatic carbocycles. The first-order chi connectivity index (χ1) is 12.8. The maximum absolute atomic E-state index is 11.6. The van der Waals surface area contributed by atoms with E-state index >= 15 is 0 Å². The normalized spacial score (nSPS) is 12.1. The number of carbonyl (C=O) groups excluding carboxylic acids is 1. The third-order valence-corrected chi connectivity index (χ3v) is 5.95. The second kappa shape index (κ2) is 8.83. The molecule has 0 heterocycles. The van der Waals surface area contributed by atoms with Crippen LogP contribution in [0, 0.1) is 0 Å². The van der Waals surface area contributed by atoms with Crippen molar-refractivity contribution in [3.8, 4) is 11.5 Å². The highest BCUT2D eigenvalue weighted by molar-refractivity contribution is 8.01. The van der Waals surface area contributed by atoms with Crippen molar-refractivity contribution in [2.75, 3.05) is 0 Å². The van der Waals surface area contributed by atoms with Crippen LogP contribution >= 0.6 is 23.5 Å². The van der Waals surface area contributed by atoms with E-state index in [1.54, 1.807) is 35.7 Å². The van der Waals surface area contributed by atoms with E-state index in [4.69, 9.17) is 4.74 Å². The van der Waals surface area contributed by atoms with Crippen molar-refractivity contribution in [2.45, 2.75) is 74.2 Å². The molecule has 5 heteroatoms. The summed E-state index contributed by atoms with van der Waals surface area (Å²) in [6.45, 7) is 14.5. The minimum atomic E-state index is -0.315. The number of carbonyl (C=O) groups is 1. The molecule has 0 aromatic heterocycles. The number of benzene rings is 2. The second-order valence-corrected chi connectivity index (χ2v) is 12.5. The van der Waals surface area contributed by atoms with E-state index in [9.17, 15) is 9.90 Å². The number of ether oxygens (including phenoxy) is 1. The van der Waals surface area contributed by atoms with Crippen LogP contribution < -0.4 is 4.74 Å². The molecular weight excluding hydrogens is 388 g/mol. The number of thioether (sulfide) groups is 2. The molecule has 2 rings (SSSR count). The second-order valence-electron chi connectivity index (χ2n) is 8.76. The Morgan fingerprint density at radius 1 is 0.929 bits per heavy atom. The summed E-state index contributed by atoms with van der Waals surface area (Å²) in [7, 11) is 0. The molecule has 0 saturated heterocycles. The number of hydrogen-bond acceptors (Lipinski definition) is 5. The SMILES string of the molecule is CC(=O)Oc1cc(SC(C)(C)C)c(Cc2ccc(O)cc2)c(SC(C)(C)C)c1. The molecule has 0 aliphatic heterocycles. The van der Waals surface area contributed by atoms with E-state index in [-0.39, 0.29) is 21.2 Å². The number of hydrogen-bond donors (Lipinski definition) is 1. The predicted octanol–water partition coefficient (Wildman–Crippen LogP) is 6.69. The Kier molecular flexibility index (Phi) is 7.16. The smallest absolute Gasteiger partial charge is 0.308 e. The first-order valence-electron chi connectivity index (χ1n) is 9.34. The van der Waals surface area contributed by atoms with Crippen LogP contribution in [0.3, 0.4) is 0 Å². The molecule has 0 atom stereocenters. The molecule has 0 aliphatic carbocycles. The Hall–Kier alpha value is -1.59. The van der Waals surface area contributed by atoms with Crippen molar-refractivity contribution < 1.29 is 14.6 Å². The average Bonchev–Trinajstić information content (AvgIpc) is 2.49. The maximum atomic E-state index is 11.6. The summed E-state index contributed by atoms with van der Waals surface area (Å²) >= 11 is 3.55. The summed E-state index contributed by atoms with van der Waals surface area (Å²) in [4.78, 5) is 13.8.